The minimum absolute atomic E-state index is 0.167. The van der Waals surface area contributed by atoms with E-state index in [0.29, 0.717) is 18.5 Å². The number of rotatable bonds is 6. The van der Waals surface area contributed by atoms with Crippen molar-refractivity contribution in [3.63, 3.8) is 0 Å². The SMILES string of the molecule is COc1ccc(NC(=O)NCC(C(C)C)N2CCN(C)CC2)cc1. The third-order valence-corrected chi connectivity index (χ3v) is 4.60. The van der Waals surface area contributed by atoms with Crippen molar-refractivity contribution in [2.45, 2.75) is 19.9 Å². The highest BCUT2D eigenvalue weighted by Gasteiger charge is 2.25. The van der Waals surface area contributed by atoms with Gasteiger partial charge < -0.3 is 20.3 Å². The molecule has 2 rings (SSSR count). The summed E-state index contributed by atoms with van der Waals surface area (Å²) < 4.78 is 5.12. The Kier molecular flexibility index (Phi) is 6.87. The first-order valence-corrected chi connectivity index (χ1v) is 8.61. The molecule has 1 fully saturated rings. The Bertz CT molecular complexity index is 510. The molecule has 0 bridgehead atoms. The van der Waals surface area contributed by atoms with Gasteiger partial charge in [-0.05, 0) is 37.2 Å². The van der Waals surface area contributed by atoms with Crippen molar-refractivity contribution in [3.05, 3.63) is 24.3 Å². The Morgan fingerprint density at radius 1 is 1.17 bits per heavy atom. The molecule has 1 aromatic rings. The molecule has 0 saturated carbocycles. The number of urea groups is 1. The van der Waals surface area contributed by atoms with Crippen molar-refractivity contribution in [2.24, 2.45) is 5.92 Å². The standard InChI is InChI=1S/C18H30N4O2/c1-14(2)17(22-11-9-21(3)10-12-22)13-19-18(23)20-15-5-7-16(24-4)8-6-15/h5-8,14,17H,9-13H2,1-4H3,(H2,19,20,23). The number of nitrogens with one attached hydrogen (secondary N) is 2. The molecule has 1 aliphatic heterocycles. The first-order chi connectivity index (χ1) is 11.5. The molecule has 134 valence electrons. The largest absolute Gasteiger partial charge is 0.497 e. The molecule has 1 heterocycles. The van der Waals surface area contributed by atoms with Crippen LogP contribution in [0, 0.1) is 5.92 Å². The van der Waals surface area contributed by atoms with Crippen molar-refractivity contribution in [3.8, 4) is 5.75 Å². The summed E-state index contributed by atoms with van der Waals surface area (Å²) in [5.41, 5.74) is 0.758. The van der Waals surface area contributed by atoms with Gasteiger partial charge in [-0.3, -0.25) is 4.90 Å². The summed E-state index contributed by atoms with van der Waals surface area (Å²) >= 11 is 0. The Hall–Kier alpha value is -1.79. The van der Waals surface area contributed by atoms with E-state index in [2.05, 4.69) is 41.3 Å². The van der Waals surface area contributed by atoms with Gasteiger partial charge in [-0.1, -0.05) is 13.8 Å². The van der Waals surface area contributed by atoms with Crippen LogP contribution in [0.4, 0.5) is 10.5 Å². The number of carbonyl (C=O) groups is 1. The number of piperazine rings is 1. The zero-order valence-corrected chi connectivity index (χ0v) is 15.2. The topological polar surface area (TPSA) is 56.8 Å². The van der Waals surface area contributed by atoms with E-state index in [1.165, 1.54) is 0 Å². The number of nitrogens with zero attached hydrogens (tertiary/aromatic N) is 2. The lowest BCUT2D eigenvalue weighted by Crippen LogP contribution is -2.54. The lowest BCUT2D eigenvalue weighted by Gasteiger charge is -2.39. The monoisotopic (exact) mass is 334 g/mol. The van der Waals surface area contributed by atoms with E-state index in [0.717, 1.165) is 37.6 Å². The van der Waals surface area contributed by atoms with Gasteiger partial charge in [-0.25, -0.2) is 4.79 Å². The first-order valence-electron chi connectivity index (χ1n) is 8.61. The molecule has 1 saturated heterocycles. The van der Waals surface area contributed by atoms with Crippen LogP contribution >= 0.6 is 0 Å². The summed E-state index contributed by atoms with van der Waals surface area (Å²) in [6.45, 7) is 9.37. The van der Waals surface area contributed by atoms with E-state index < -0.39 is 0 Å². The third-order valence-electron chi connectivity index (χ3n) is 4.60. The van der Waals surface area contributed by atoms with Crippen LogP contribution in [0.15, 0.2) is 24.3 Å². The van der Waals surface area contributed by atoms with Crippen molar-refractivity contribution in [1.29, 1.82) is 0 Å². The van der Waals surface area contributed by atoms with Crippen molar-refractivity contribution in [2.75, 3.05) is 52.2 Å². The maximum Gasteiger partial charge on any atom is 0.319 e. The van der Waals surface area contributed by atoms with E-state index in [1.54, 1.807) is 7.11 Å². The molecule has 0 spiro atoms. The second-order valence-corrected chi connectivity index (χ2v) is 6.71. The Morgan fingerprint density at radius 2 is 1.79 bits per heavy atom. The maximum atomic E-state index is 12.1. The number of amides is 2. The fourth-order valence-corrected chi connectivity index (χ4v) is 2.99. The predicted molar refractivity (Wildman–Crippen MR) is 97.7 cm³/mol. The van der Waals surface area contributed by atoms with Gasteiger partial charge in [0.15, 0.2) is 0 Å². The van der Waals surface area contributed by atoms with Gasteiger partial charge in [-0.15, -0.1) is 0 Å². The second kappa shape index (κ2) is 8.89. The summed E-state index contributed by atoms with van der Waals surface area (Å²) in [4.78, 5) is 17.0. The van der Waals surface area contributed by atoms with Crippen molar-refractivity contribution < 1.29 is 9.53 Å². The zero-order valence-electron chi connectivity index (χ0n) is 15.2. The maximum absolute atomic E-state index is 12.1. The van der Waals surface area contributed by atoms with Crippen LogP contribution < -0.4 is 15.4 Å². The molecule has 1 atom stereocenters. The molecule has 1 unspecified atom stereocenters. The number of hydrogen-bond acceptors (Lipinski definition) is 4. The molecule has 0 aromatic heterocycles. The molecule has 0 radical (unpaired) electrons. The van der Waals surface area contributed by atoms with Crippen LogP contribution in [0.1, 0.15) is 13.8 Å². The highest BCUT2D eigenvalue weighted by atomic mass is 16.5. The Morgan fingerprint density at radius 3 is 2.33 bits per heavy atom. The highest BCUT2D eigenvalue weighted by Crippen LogP contribution is 2.15. The molecule has 2 amide bonds. The number of likely N-dealkylation sites (N-methyl/N-ethyl adjacent to an activating group) is 1. The number of ether oxygens (including phenoxy) is 1. The van der Waals surface area contributed by atoms with E-state index >= 15 is 0 Å². The molecule has 2 N–H and O–H groups in total. The molecule has 6 heteroatoms. The van der Waals surface area contributed by atoms with Gasteiger partial charge >= 0.3 is 6.03 Å². The number of carbonyl (C=O) groups excluding carboxylic acids is 1. The summed E-state index contributed by atoms with van der Waals surface area (Å²) in [6.07, 6.45) is 0. The van der Waals surface area contributed by atoms with E-state index in [-0.39, 0.29) is 6.03 Å². The number of hydrogen-bond donors (Lipinski definition) is 2. The van der Waals surface area contributed by atoms with Crippen LogP contribution in [0.5, 0.6) is 5.75 Å². The number of methoxy groups -OCH3 is 1. The van der Waals surface area contributed by atoms with Gasteiger partial charge in [0.2, 0.25) is 0 Å². The van der Waals surface area contributed by atoms with E-state index in [9.17, 15) is 4.79 Å². The lowest BCUT2D eigenvalue weighted by atomic mass is 10.0. The van der Waals surface area contributed by atoms with Crippen LogP contribution in [-0.4, -0.2) is 68.8 Å². The summed E-state index contributed by atoms with van der Waals surface area (Å²) in [5, 5.41) is 5.88. The average molecular weight is 334 g/mol. The van der Waals surface area contributed by atoms with Gasteiger partial charge in [-0.2, -0.15) is 0 Å². The fourth-order valence-electron chi connectivity index (χ4n) is 2.99. The second-order valence-electron chi connectivity index (χ2n) is 6.71. The summed E-state index contributed by atoms with van der Waals surface area (Å²) in [7, 11) is 3.78. The predicted octanol–water partition coefficient (Wildman–Crippen LogP) is 2.09. The smallest absolute Gasteiger partial charge is 0.319 e. The molecule has 0 aliphatic carbocycles. The third kappa shape index (κ3) is 5.39. The van der Waals surface area contributed by atoms with Gasteiger partial charge in [0.05, 0.1) is 7.11 Å². The van der Waals surface area contributed by atoms with Crippen molar-refractivity contribution >= 4 is 11.7 Å². The van der Waals surface area contributed by atoms with Crippen LogP contribution in [-0.2, 0) is 0 Å². The van der Waals surface area contributed by atoms with E-state index in [1.807, 2.05) is 24.3 Å². The fraction of sp³-hybridized carbons (Fsp3) is 0.611. The molecule has 1 aliphatic rings. The molecule has 6 nitrogen and oxygen atoms in total. The minimum Gasteiger partial charge on any atom is -0.497 e. The summed E-state index contributed by atoms with van der Waals surface area (Å²) in [6, 6.07) is 7.52. The quantitative estimate of drug-likeness (QED) is 0.836. The molecular weight excluding hydrogens is 304 g/mol. The molecule has 1 aromatic carbocycles. The lowest BCUT2D eigenvalue weighted by molar-refractivity contribution is 0.0890. The van der Waals surface area contributed by atoms with Gasteiger partial charge in [0.25, 0.3) is 0 Å². The van der Waals surface area contributed by atoms with Crippen LogP contribution in [0.2, 0.25) is 0 Å². The minimum atomic E-state index is -0.167. The van der Waals surface area contributed by atoms with Gasteiger partial charge in [0, 0.05) is 44.5 Å². The van der Waals surface area contributed by atoms with E-state index in [4.69, 9.17) is 4.74 Å². The Balaban J connectivity index is 1.83. The highest BCUT2D eigenvalue weighted by molar-refractivity contribution is 5.89. The zero-order chi connectivity index (χ0) is 17.5. The first kappa shape index (κ1) is 18.5. The number of anilines is 1. The van der Waals surface area contributed by atoms with Crippen molar-refractivity contribution in [1.82, 2.24) is 15.1 Å². The summed E-state index contributed by atoms with van der Waals surface area (Å²) in [5.74, 6) is 1.27. The normalized spacial score (nSPS) is 17.5. The molecule has 24 heavy (non-hydrogen) atoms. The Labute approximate surface area is 145 Å². The van der Waals surface area contributed by atoms with Crippen LogP contribution in [0.3, 0.4) is 0 Å². The number of benzene rings is 1. The van der Waals surface area contributed by atoms with Crippen LogP contribution in [0.25, 0.3) is 0 Å². The molecular formula is C18H30N4O2. The average Bonchev–Trinajstić information content (AvgIpc) is 2.57. The van der Waals surface area contributed by atoms with Gasteiger partial charge in [0.1, 0.15) is 5.75 Å².